The molecule has 2 aromatic carbocycles. The topological polar surface area (TPSA) is 0 Å². The minimum absolute atomic E-state index is 0.396. The van der Waals surface area contributed by atoms with E-state index in [9.17, 15) is 0 Å². The maximum atomic E-state index is 6.19. The molecule has 0 aromatic heterocycles. The molecular formula is C12H3Cl5. The van der Waals surface area contributed by atoms with Crippen LogP contribution in [0.3, 0.4) is 0 Å². The van der Waals surface area contributed by atoms with E-state index in [1.165, 1.54) is 0 Å². The molecule has 0 radical (unpaired) electrons. The first-order chi connectivity index (χ1) is 8.02. The molecule has 0 amide bonds. The zero-order valence-electron chi connectivity index (χ0n) is 8.12. The van der Waals surface area contributed by atoms with Crippen LogP contribution in [0.5, 0.6) is 0 Å². The quantitative estimate of drug-likeness (QED) is 0.525. The minimum atomic E-state index is 0.396. The molecule has 1 aliphatic carbocycles. The second kappa shape index (κ2) is 3.94. The summed E-state index contributed by atoms with van der Waals surface area (Å²) in [6.45, 7) is 0. The van der Waals surface area contributed by atoms with Gasteiger partial charge in [0.15, 0.2) is 0 Å². The monoisotopic (exact) mass is 322 g/mol. The summed E-state index contributed by atoms with van der Waals surface area (Å²) in [5.74, 6) is 0. The van der Waals surface area contributed by atoms with Crippen molar-refractivity contribution in [3.63, 3.8) is 0 Å². The van der Waals surface area contributed by atoms with Gasteiger partial charge in [-0.1, -0.05) is 64.1 Å². The second-order valence-electron chi connectivity index (χ2n) is 3.70. The highest BCUT2D eigenvalue weighted by atomic mass is 35.5. The van der Waals surface area contributed by atoms with E-state index >= 15 is 0 Å². The minimum Gasteiger partial charge on any atom is -0.0836 e. The van der Waals surface area contributed by atoms with Crippen molar-refractivity contribution in [3.8, 4) is 0 Å². The highest BCUT2D eigenvalue weighted by molar-refractivity contribution is 6.70. The van der Waals surface area contributed by atoms with Crippen LogP contribution in [0.4, 0.5) is 0 Å². The third-order valence-corrected chi connectivity index (χ3v) is 4.73. The Morgan fingerprint density at radius 3 is 2.06 bits per heavy atom. The van der Waals surface area contributed by atoms with Gasteiger partial charge >= 0.3 is 0 Å². The summed E-state index contributed by atoms with van der Waals surface area (Å²) >= 11 is 30.7. The Hall–Kier alpha value is -0.110. The van der Waals surface area contributed by atoms with E-state index in [2.05, 4.69) is 0 Å². The number of hydrogen-bond acceptors (Lipinski definition) is 0. The van der Waals surface area contributed by atoms with E-state index < -0.39 is 0 Å². The lowest BCUT2D eigenvalue weighted by atomic mass is 10.0. The molecule has 0 bridgehead atoms. The predicted molar refractivity (Wildman–Crippen MR) is 77.5 cm³/mol. The van der Waals surface area contributed by atoms with Gasteiger partial charge in [0, 0.05) is 16.5 Å². The molecular weight excluding hydrogens is 321 g/mol. The first-order valence-electron chi connectivity index (χ1n) is 4.68. The molecule has 1 aliphatic rings. The average molecular weight is 324 g/mol. The highest BCUT2D eigenvalue weighted by Crippen LogP contribution is 2.52. The van der Waals surface area contributed by atoms with Crippen molar-refractivity contribution in [1.82, 2.24) is 0 Å². The Balaban J connectivity index is 2.63. The molecule has 0 aliphatic heterocycles. The van der Waals surface area contributed by atoms with Gasteiger partial charge in [0.05, 0.1) is 25.1 Å². The van der Waals surface area contributed by atoms with E-state index in [1.54, 1.807) is 12.1 Å². The fourth-order valence-electron chi connectivity index (χ4n) is 2.05. The van der Waals surface area contributed by atoms with Crippen molar-refractivity contribution in [3.05, 3.63) is 44.4 Å². The van der Waals surface area contributed by atoms with Gasteiger partial charge in [0.2, 0.25) is 0 Å². The lowest BCUT2D eigenvalue weighted by molar-refractivity contribution is 1.71. The van der Waals surface area contributed by atoms with Gasteiger partial charge in [-0.3, -0.25) is 0 Å². The average Bonchev–Trinajstić information content (AvgIpc) is 2.55. The zero-order chi connectivity index (χ0) is 12.3. The van der Waals surface area contributed by atoms with Crippen LogP contribution in [0.25, 0.3) is 20.8 Å². The molecule has 2 aromatic rings. The van der Waals surface area contributed by atoms with Crippen LogP contribution in [0.1, 0.15) is 11.1 Å². The van der Waals surface area contributed by atoms with Gasteiger partial charge in [-0.25, -0.2) is 0 Å². The van der Waals surface area contributed by atoms with Crippen molar-refractivity contribution in [2.45, 2.75) is 0 Å². The SMILES string of the molecule is ClC1=C(Cl)c2c(Cl)c(Cl)cc3ccc(Cl)c1c23. The largest absolute Gasteiger partial charge is 0.0836 e. The summed E-state index contributed by atoms with van der Waals surface area (Å²) in [5, 5.41) is 4.01. The number of benzene rings is 2. The maximum Gasteiger partial charge on any atom is 0.0693 e. The summed E-state index contributed by atoms with van der Waals surface area (Å²) in [6.07, 6.45) is 0. The van der Waals surface area contributed by atoms with Crippen molar-refractivity contribution in [2.75, 3.05) is 0 Å². The van der Waals surface area contributed by atoms with Crippen molar-refractivity contribution >= 4 is 78.8 Å². The van der Waals surface area contributed by atoms with Crippen molar-refractivity contribution in [2.24, 2.45) is 0 Å². The van der Waals surface area contributed by atoms with Gasteiger partial charge in [0.1, 0.15) is 0 Å². The Kier molecular flexibility index (Phi) is 2.77. The summed E-state index contributed by atoms with van der Waals surface area (Å²) in [6, 6.07) is 5.42. The van der Waals surface area contributed by atoms with Crippen LogP contribution >= 0.6 is 58.0 Å². The summed E-state index contributed by atoms with van der Waals surface area (Å²) in [7, 11) is 0. The molecule has 0 unspecified atom stereocenters. The van der Waals surface area contributed by atoms with E-state index in [1.807, 2.05) is 6.07 Å². The Labute approximate surface area is 123 Å². The first kappa shape index (κ1) is 12.0. The summed E-state index contributed by atoms with van der Waals surface area (Å²) in [4.78, 5) is 0. The third-order valence-electron chi connectivity index (χ3n) is 2.78. The summed E-state index contributed by atoms with van der Waals surface area (Å²) < 4.78 is 0. The predicted octanol–water partition coefficient (Wildman–Crippen LogP) is 6.42. The fraction of sp³-hybridized carbons (Fsp3) is 0. The van der Waals surface area contributed by atoms with E-state index in [-0.39, 0.29) is 0 Å². The molecule has 0 heterocycles. The molecule has 5 heteroatoms. The lowest BCUT2D eigenvalue weighted by Gasteiger charge is -2.07. The van der Waals surface area contributed by atoms with Crippen LogP contribution in [0.2, 0.25) is 15.1 Å². The zero-order valence-corrected chi connectivity index (χ0v) is 11.9. The number of rotatable bonds is 0. The molecule has 3 rings (SSSR count). The first-order valence-corrected chi connectivity index (χ1v) is 6.57. The standard InChI is InChI=1S/C12H3Cl5/c13-5-2-1-4-3-6(14)10(15)9-7(4)8(5)11(16)12(9)17/h1-3H. The molecule has 0 fully saturated rings. The normalized spacial score (nSPS) is 13.9. The third kappa shape index (κ3) is 1.52. The van der Waals surface area contributed by atoms with E-state index in [0.29, 0.717) is 30.7 Å². The Bertz CT molecular complexity index is 700. The lowest BCUT2D eigenvalue weighted by Crippen LogP contribution is -1.84. The summed E-state index contributed by atoms with van der Waals surface area (Å²) in [5.41, 5.74) is 1.39. The van der Waals surface area contributed by atoms with Crippen LogP contribution < -0.4 is 0 Å². The maximum absolute atomic E-state index is 6.19. The van der Waals surface area contributed by atoms with Gasteiger partial charge in [0.25, 0.3) is 0 Å². The second-order valence-corrected chi connectivity index (χ2v) is 5.64. The fourth-order valence-corrected chi connectivity index (χ4v) is 3.43. The molecule has 0 saturated heterocycles. The van der Waals surface area contributed by atoms with Crippen molar-refractivity contribution in [1.29, 1.82) is 0 Å². The molecule has 86 valence electrons. The molecule has 0 nitrogen and oxygen atoms in total. The van der Waals surface area contributed by atoms with Crippen LogP contribution in [0.15, 0.2) is 18.2 Å². The Morgan fingerprint density at radius 1 is 0.706 bits per heavy atom. The smallest absolute Gasteiger partial charge is 0.0693 e. The van der Waals surface area contributed by atoms with Crippen LogP contribution in [-0.4, -0.2) is 0 Å². The molecule has 0 atom stereocenters. The van der Waals surface area contributed by atoms with Gasteiger partial charge in [-0.15, -0.1) is 0 Å². The molecule has 0 saturated carbocycles. The van der Waals surface area contributed by atoms with E-state index in [4.69, 9.17) is 58.0 Å². The molecule has 17 heavy (non-hydrogen) atoms. The Morgan fingerprint density at radius 2 is 1.35 bits per heavy atom. The van der Waals surface area contributed by atoms with Gasteiger partial charge in [-0.05, 0) is 17.5 Å². The van der Waals surface area contributed by atoms with Gasteiger partial charge in [-0.2, -0.15) is 0 Å². The van der Waals surface area contributed by atoms with Gasteiger partial charge < -0.3 is 0 Å². The number of halogens is 5. The van der Waals surface area contributed by atoms with E-state index in [0.717, 1.165) is 16.3 Å². The van der Waals surface area contributed by atoms with Crippen molar-refractivity contribution < 1.29 is 0 Å². The highest BCUT2D eigenvalue weighted by Gasteiger charge is 2.27. The number of hydrogen-bond donors (Lipinski definition) is 0. The molecule has 0 N–H and O–H groups in total. The van der Waals surface area contributed by atoms with Crippen LogP contribution in [0, 0.1) is 0 Å². The molecule has 0 spiro atoms. The van der Waals surface area contributed by atoms with Crippen LogP contribution in [-0.2, 0) is 0 Å².